The Morgan fingerprint density at radius 2 is 2.41 bits per heavy atom. The molecule has 2 atom stereocenters. The summed E-state index contributed by atoms with van der Waals surface area (Å²) in [4.78, 5) is 11.3. The molecule has 0 aromatic rings. The van der Waals surface area contributed by atoms with Gasteiger partial charge in [-0.15, -0.1) is 0 Å². The minimum atomic E-state index is -0.666. The van der Waals surface area contributed by atoms with E-state index < -0.39 is 5.54 Å². The number of hydrogen-bond acceptors (Lipinski definition) is 4. The number of amides is 1. The molecule has 1 amide bonds. The number of carbonyl (C=O) groups is 1. The van der Waals surface area contributed by atoms with Crippen molar-refractivity contribution in [3.8, 4) is 0 Å². The van der Waals surface area contributed by atoms with Crippen molar-refractivity contribution in [2.24, 2.45) is 11.7 Å². The zero-order valence-electron chi connectivity index (χ0n) is 10.8. The number of ether oxygens (including phenoxy) is 2. The highest BCUT2D eigenvalue weighted by atomic mass is 16.5. The van der Waals surface area contributed by atoms with E-state index in [0.717, 1.165) is 26.2 Å². The van der Waals surface area contributed by atoms with Crippen LogP contribution in [0.4, 0.5) is 0 Å². The number of carbonyl (C=O) groups excluding carboxylic acids is 1. The third-order valence-electron chi connectivity index (χ3n) is 3.23. The first kappa shape index (κ1) is 14.4. The van der Waals surface area contributed by atoms with Crippen molar-refractivity contribution in [1.29, 1.82) is 0 Å². The molecule has 1 heterocycles. The summed E-state index contributed by atoms with van der Waals surface area (Å²) >= 11 is 0. The molecule has 3 N–H and O–H groups in total. The largest absolute Gasteiger partial charge is 0.381 e. The Kier molecular flexibility index (Phi) is 5.88. The van der Waals surface area contributed by atoms with E-state index in [9.17, 15) is 4.79 Å². The minimum Gasteiger partial charge on any atom is -0.381 e. The van der Waals surface area contributed by atoms with Crippen LogP contribution in [0.3, 0.4) is 0 Å². The van der Waals surface area contributed by atoms with Gasteiger partial charge >= 0.3 is 0 Å². The fraction of sp³-hybridized carbons (Fsp3) is 0.917. The molecular formula is C12H24N2O3. The van der Waals surface area contributed by atoms with Crippen LogP contribution in [0.1, 0.15) is 26.7 Å². The average Bonchev–Trinajstić information content (AvgIpc) is 2.77. The van der Waals surface area contributed by atoms with Crippen LogP contribution in [0, 0.1) is 5.92 Å². The molecule has 100 valence electrons. The molecular weight excluding hydrogens is 220 g/mol. The first-order valence-corrected chi connectivity index (χ1v) is 6.29. The predicted octanol–water partition coefficient (Wildman–Crippen LogP) is 0.283. The average molecular weight is 244 g/mol. The summed E-state index contributed by atoms with van der Waals surface area (Å²) in [6.07, 6.45) is 1.67. The maximum Gasteiger partial charge on any atom is 0.237 e. The van der Waals surface area contributed by atoms with Gasteiger partial charge < -0.3 is 20.5 Å². The van der Waals surface area contributed by atoms with Gasteiger partial charge in [0.05, 0.1) is 18.8 Å². The Labute approximate surface area is 103 Å². The zero-order valence-corrected chi connectivity index (χ0v) is 10.8. The van der Waals surface area contributed by atoms with Crippen molar-refractivity contribution >= 4 is 5.91 Å². The minimum absolute atomic E-state index is 0.327. The number of rotatable bonds is 8. The third kappa shape index (κ3) is 4.61. The second kappa shape index (κ2) is 6.93. The van der Waals surface area contributed by atoms with Gasteiger partial charge in [0.25, 0.3) is 0 Å². The van der Waals surface area contributed by atoms with E-state index in [0.29, 0.717) is 25.6 Å². The van der Waals surface area contributed by atoms with Gasteiger partial charge in [0.1, 0.15) is 0 Å². The monoisotopic (exact) mass is 244 g/mol. The van der Waals surface area contributed by atoms with Crippen molar-refractivity contribution < 1.29 is 14.3 Å². The maximum atomic E-state index is 11.3. The number of primary amides is 1. The molecule has 1 rings (SSSR count). The Morgan fingerprint density at radius 3 is 2.94 bits per heavy atom. The molecule has 2 unspecified atom stereocenters. The molecule has 0 bridgehead atoms. The Morgan fingerprint density at radius 1 is 1.65 bits per heavy atom. The molecule has 0 aromatic carbocycles. The van der Waals surface area contributed by atoms with E-state index in [4.69, 9.17) is 15.2 Å². The first-order valence-electron chi connectivity index (χ1n) is 6.29. The van der Waals surface area contributed by atoms with E-state index in [-0.39, 0.29) is 5.91 Å². The predicted molar refractivity (Wildman–Crippen MR) is 65.6 cm³/mol. The molecule has 5 heteroatoms. The molecule has 17 heavy (non-hydrogen) atoms. The molecule has 1 saturated heterocycles. The second-order valence-corrected chi connectivity index (χ2v) is 4.78. The fourth-order valence-electron chi connectivity index (χ4n) is 1.93. The smallest absolute Gasteiger partial charge is 0.237 e. The summed E-state index contributed by atoms with van der Waals surface area (Å²) < 4.78 is 10.8. The van der Waals surface area contributed by atoms with Crippen molar-refractivity contribution in [2.75, 3.05) is 33.0 Å². The molecule has 0 aliphatic carbocycles. The van der Waals surface area contributed by atoms with Crippen LogP contribution in [0.15, 0.2) is 0 Å². The highest BCUT2D eigenvalue weighted by Crippen LogP contribution is 2.14. The highest BCUT2D eigenvalue weighted by molar-refractivity contribution is 5.84. The van der Waals surface area contributed by atoms with Gasteiger partial charge in [-0.05, 0) is 26.3 Å². The third-order valence-corrected chi connectivity index (χ3v) is 3.23. The fourth-order valence-corrected chi connectivity index (χ4v) is 1.93. The van der Waals surface area contributed by atoms with Crippen LogP contribution in [0.25, 0.3) is 0 Å². The number of likely N-dealkylation sites (N-methyl/N-ethyl adjacent to an activating group) is 1. The van der Waals surface area contributed by atoms with E-state index in [2.05, 4.69) is 5.32 Å². The molecule has 0 aromatic heterocycles. The maximum absolute atomic E-state index is 11.3. The molecule has 5 nitrogen and oxygen atoms in total. The number of hydrogen-bond donors (Lipinski definition) is 2. The molecule has 0 spiro atoms. The number of nitrogens with one attached hydrogen (secondary N) is 1. The lowest BCUT2D eigenvalue weighted by Gasteiger charge is -2.27. The quantitative estimate of drug-likeness (QED) is 0.602. The summed E-state index contributed by atoms with van der Waals surface area (Å²) in [7, 11) is 0. The lowest BCUT2D eigenvalue weighted by atomic mass is 9.97. The van der Waals surface area contributed by atoms with Crippen molar-refractivity contribution in [2.45, 2.75) is 32.2 Å². The zero-order chi connectivity index (χ0) is 12.7. The van der Waals surface area contributed by atoms with Crippen LogP contribution in [0.5, 0.6) is 0 Å². The SMILES string of the molecule is CCNC(C)(CCOCC1CCOC1)C(N)=O. The lowest BCUT2D eigenvalue weighted by Crippen LogP contribution is -2.53. The Balaban J connectivity index is 2.20. The van der Waals surface area contributed by atoms with Crippen molar-refractivity contribution in [1.82, 2.24) is 5.32 Å². The standard InChI is InChI=1S/C12H24N2O3/c1-3-14-12(2,11(13)15)5-7-17-9-10-4-6-16-8-10/h10,14H,3-9H2,1-2H3,(H2,13,15). The topological polar surface area (TPSA) is 73.6 Å². The van der Waals surface area contributed by atoms with E-state index in [1.807, 2.05) is 13.8 Å². The molecule has 0 radical (unpaired) electrons. The Hall–Kier alpha value is -0.650. The van der Waals surface area contributed by atoms with Gasteiger partial charge in [0.15, 0.2) is 0 Å². The van der Waals surface area contributed by atoms with Gasteiger partial charge in [-0.25, -0.2) is 0 Å². The summed E-state index contributed by atoms with van der Waals surface area (Å²) in [5, 5.41) is 3.11. The van der Waals surface area contributed by atoms with Gasteiger partial charge in [0.2, 0.25) is 5.91 Å². The molecule has 1 aliphatic rings. The summed E-state index contributed by atoms with van der Waals surface area (Å²) in [6.45, 7) is 7.38. The van der Waals surface area contributed by atoms with Gasteiger partial charge in [-0.3, -0.25) is 4.79 Å². The summed E-state index contributed by atoms with van der Waals surface area (Å²) in [5.74, 6) is 0.182. The van der Waals surface area contributed by atoms with Gasteiger partial charge in [0, 0.05) is 19.1 Å². The van der Waals surface area contributed by atoms with Crippen molar-refractivity contribution in [3.05, 3.63) is 0 Å². The van der Waals surface area contributed by atoms with E-state index in [1.54, 1.807) is 0 Å². The first-order chi connectivity index (χ1) is 8.08. The Bertz CT molecular complexity index is 242. The number of nitrogens with two attached hydrogens (primary N) is 1. The van der Waals surface area contributed by atoms with Gasteiger partial charge in [-0.2, -0.15) is 0 Å². The van der Waals surface area contributed by atoms with E-state index >= 15 is 0 Å². The van der Waals surface area contributed by atoms with E-state index in [1.165, 1.54) is 0 Å². The summed E-state index contributed by atoms with van der Waals surface area (Å²) in [6, 6.07) is 0. The van der Waals surface area contributed by atoms with Crippen LogP contribution in [0.2, 0.25) is 0 Å². The lowest BCUT2D eigenvalue weighted by molar-refractivity contribution is -0.124. The van der Waals surface area contributed by atoms with Gasteiger partial charge in [-0.1, -0.05) is 6.92 Å². The summed E-state index contributed by atoms with van der Waals surface area (Å²) in [5.41, 5.74) is 4.72. The van der Waals surface area contributed by atoms with Crippen LogP contribution in [-0.2, 0) is 14.3 Å². The van der Waals surface area contributed by atoms with Crippen molar-refractivity contribution in [3.63, 3.8) is 0 Å². The highest BCUT2D eigenvalue weighted by Gasteiger charge is 2.29. The molecule has 1 aliphatic heterocycles. The van der Waals surface area contributed by atoms with Crippen LogP contribution in [-0.4, -0.2) is 44.4 Å². The molecule has 0 saturated carbocycles. The second-order valence-electron chi connectivity index (χ2n) is 4.78. The van der Waals surface area contributed by atoms with Crippen LogP contribution < -0.4 is 11.1 Å². The normalized spacial score (nSPS) is 23.5. The van der Waals surface area contributed by atoms with Crippen LogP contribution >= 0.6 is 0 Å². The molecule has 1 fully saturated rings.